The van der Waals surface area contributed by atoms with Crippen LogP contribution in [-0.2, 0) is 14.4 Å². The summed E-state index contributed by atoms with van der Waals surface area (Å²) in [6.45, 7) is 1.51. The second-order valence-corrected chi connectivity index (χ2v) is 2.28. The molecule has 3 heteroatoms. The minimum Gasteiger partial charge on any atom is -0.298 e. The first-order valence-electron chi connectivity index (χ1n) is 3.09. The van der Waals surface area contributed by atoms with E-state index in [1.165, 1.54) is 13.0 Å². The molecule has 1 aliphatic carbocycles. The van der Waals surface area contributed by atoms with E-state index in [1.54, 1.807) is 0 Å². The average Bonchev–Trinajstić information content (AvgIpc) is 1.96. The fraction of sp³-hybridized carbons (Fsp3) is 0.125. The van der Waals surface area contributed by atoms with Crippen LogP contribution in [-0.4, -0.2) is 17.9 Å². The van der Waals surface area contributed by atoms with Gasteiger partial charge in [-0.25, -0.2) is 0 Å². The zero-order valence-electron chi connectivity index (χ0n) is 5.96. The van der Waals surface area contributed by atoms with Crippen LogP contribution in [0.4, 0.5) is 0 Å². The van der Waals surface area contributed by atoms with Crippen LogP contribution in [0, 0.1) is 0 Å². The summed E-state index contributed by atoms with van der Waals surface area (Å²) in [4.78, 5) is 31.9. The maximum absolute atomic E-state index is 11.0. The van der Waals surface area contributed by atoms with Gasteiger partial charge in [-0.3, -0.25) is 14.4 Å². The molecule has 0 aromatic carbocycles. The van der Waals surface area contributed by atoms with Crippen LogP contribution in [0.2, 0.25) is 0 Å². The molecule has 0 N–H and O–H groups in total. The minimum absolute atomic E-state index is 0.0602. The summed E-state index contributed by atoms with van der Waals surface area (Å²) in [5, 5.41) is 0. The first-order valence-corrected chi connectivity index (χ1v) is 3.09. The summed E-state index contributed by atoms with van der Waals surface area (Å²) in [5.74, 6) is -0.663. The van der Waals surface area contributed by atoms with Crippen molar-refractivity contribution in [3.63, 3.8) is 0 Å². The van der Waals surface area contributed by atoms with Crippen molar-refractivity contribution in [1.82, 2.24) is 0 Å². The Bertz CT molecular complexity index is 294. The van der Waals surface area contributed by atoms with E-state index in [-0.39, 0.29) is 17.1 Å². The van der Waals surface area contributed by atoms with Crippen LogP contribution < -0.4 is 0 Å². The molecule has 0 aromatic heterocycles. The number of aldehydes is 1. The minimum atomic E-state index is -0.361. The monoisotopic (exact) mass is 150 g/mol. The molecule has 0 fully saturated rings. The van der Waals surface area contributed by atoms with Gasteiger partial charge in [-0.15, -0.1) is 0 Å². The van der Waals surface area contributed by atoms with Crippen molar-refractivity contribution in [1.29, 1.82) is 0 Å². The largest absolute Gasteiger partial charge is 0.298 e. The normalized spacial score (nSPS) is 17.5. The molecule has 0 atom stereocenters. The Hall–Kier alpha value is -1.51. The van der Waals surface area contributed by atoms with Crippen molar-refractivity contribution in [2.75, 3.05) is 0 Å². The van der Waals surface area contributed by atoms with Crippen LogP contribution in [0.5, 0.6) is 0 Å². The average molecular weight is 150 g/mol. The van der Waals surface area contributed by atoms with Gasteiger partial charge in [0.2, 0.25) is 0 Å². The highest BCUT2D eigenvalue weighted by Crippen LogP contribution is 2.09. The standard InChI is InChI=1S/C8H6O3/c1-5-2-7(10)3-6(4-9)8(5)11/h2-4H,1H3. The smallest absolute Gasteiger partial charge is 0.192 e. The molecule has 11 heavy (non-hydrogen) atoms. The van der Waals surface area contributed by atoms with E-state index in [0.717, 1.165) is 6.08 Å². The van der Waals surface area contributed by atoms with Gasteiger partial charge < -0.3 is 0 Å². The second kappa shape index (κ2) is 2.62. The first-order chi connectivity index (χ1) is 5.15. The van der Waals surface area contributed by atoms with Gasteiger partial charge in [0.1, 0.15) is 0 Å². The number of ketones is 2. The molecule has 0 radical (unpaired) electrons. The van der Waals surface area contributed by atoms with Crippen molar-refractivity contribution in [2.24, 2.45) is 0 Å². The van der Waals surface area contributed by atoms with E-state index in [1.807, 2.05) is 0 Å². The molecule has 0 saturated heterocycles. The SMILES string of the molecule is CC1=CC(=O)C=C(C=O)C1=O. The van der Waals surface area contributed by atoms with Crippen LogP contribution >= 0.6 is 0 Å². The van der Waals surface area contributed by atoms with Gasteiger partial charge in [0.15, 0.2) is 17.9 Å². The molecule has 0 unspecified atom stereocenters. The fourth-order valence-corrected chi connectivity index (χ4v) is 0.855. The van der Waals surface area contributed by atoms with E-state index < -0.39 is 0 Å². The third-order valence-corrected chi connectivity index (χ3v) is 1.40. The summed E-state index contributed by atoms with van der Waals surface area (Å²) in [5.41, 5.74) is 0.259. The Labute approximate surface area is 63.4 Å². The summed E-state index contributed by atoms with van der Waals surface area (Å²) in [6.07, 6.45) is 2.66. The second-order valence-electron chi connectivity index (χ2n) is 2.28. The predicted molar refractivity (Wildman–Crippen MR) is 37.9 cm³/mol. The van der Waals surface area contributed by atoms with Crippen LogP contribution in [0.1, 0.15) is 6.92 Å². The zero-order chi connectivity index (χ0) is 8.43. The maximum Gasteiger partial charge on any atom is 0.192 e. The van der Waals surface area contributed by atoms with Crippen molar-refractivity contribution < 1.29 is 14.4 Å². The van der Waals surface area contributed by atoms with E-state index in [4.69, 9.17) is 0 Å². The number of hydrogen-bond acceptors (Lipinski definition) is 3. The number of rotatable bonds is 1. The summed E-state index contributed by atoms with van der Waals surface area (Å²) in [7, 11) is 0. The van der Waals surface area contributed by atoms with E-state index in [9.17, 15) is 14.4 Å². The number of carbonyl (C=O) groups is 3. The molecular formula is C8H6O3. The Morgan fingerprint density at radius 3 is 2.45 bits per heavy atom. The third-order valence-electron chi connectivity index (χ3n) is 1.40. The molecule has 0 aliphatic heterocycles. The predicted octanol–water partition coefficient (Wildman–Crippen LogP) is 0.210. The first kappa shape index (κ1) is 7.60. The lowest BCUT2D eigenvalue weighted by atomic mass is 9.98. The van der Waals surface area contributed by atoms with Crippen molar-refractivity contribution in [3.8, 4) is 0 Å². The van der Waals surface area contributed by atoms with Crippen LogP contribution in [0.15, 0.2) is 23.3 Å². The molecule has 0 saturated carbocycles. The highest BCUT2D eigenvalue weighted by molar-refractivity contribution is 6.27. The lowest BCUT2D eigenvalue weighted by molar-refractivity contribution is -0.117. The summed E-state index contributed by atoms with van der Waals surface area (Å²) < 4.78 is 0. The quantitative estimate of drug-likeness (QED) is 0.305. The molecule has 3 nitrogen and oxygen atoms in total. The van der Waals surface area contributed by atoms with Gasteiger partial charge in [-0.05, 0) is 19.1 Å². The van der Waals surface area contributed by atoms with Gasteiger partial charge in [0.25, 0.3) is 0 Å². The summed E-state index contributed by atoms with van der Waals surface area (Å²) >= 11 is 0. The molecule has 1 aliphatic rings. The Morgan fingerprint density at radius 2 is 1.91 bits per heavy atom. The topological polar surface area (TPSA) is 51.2 Å². The van der Waals surface area contributed by atoms with Gasteiger partial charge >= 0.3 is 0 Å². The van der Waals surface area contributed by atoms with Crippen molar-refractivity contribution >= 4 is 17.9 Å². The molecule has 0 aromatic rings. The lowest BCUT2D eigenvalue weighted by Gasteiger charge is -2.03. The Morgan fingerprint density at radius 1 is 1.27 bits per heavy atom. The molecule has 56 valence electrons. The summed E-state index contributed by atoms with van der Waals surface area (Å²) in [6, 6.07) is 0. The van der Waals surface area contributed by atoms with Crippen molar-refractivity contribution in [2.45, 2.75) is 6.92 Å². The highest BCUT2D eigenvalue weighted by atomic mass is 16.1. The molecule has 0 heterocycles. The molecule has 0 bridgehead atoms. The molecular weight excluding hydrogens is 144 g/mol. The van der Waals surface area contributed by atoms with Gasteiger partial charge in [0.05, 0.1) is 5.57 Å². The maximum atomic E-state index is 11.0. The van der Waals surface area contributed by atoms with Crippen LogP contribution in [0.25, 0.3) is 0 Å². The highest BCUT2D eigenvalue weighted by Gasteiger charge is 2.17. The Kier molecular flexibility index (Phi) is 1.81. The van der Waals surface area contributed by atoms with Gasteiger partial charge in [-0.1, -0.05) is 0 Å². The third kappa shape index (κ3) is 1.32. The molecule has 0 amide bonds. The zero-order valence-corrected chi connectivity index (χ0v) is 5.96. The number of carbonyl (C=O) groups excluding carboxylic acids is 3. The van der Waals surface area contributed by atoms with Gasteiger partial charge in [0, 0.05) is 5.57 Å². The van der Waals surface area contributed by atoms with E-state index >= 15 is 0 Å². The lowest BCUT2D eigenvalue weighted by Crippen LogP contribution is -2.12. The van der Waals surface area contributed by atoms with E-state index in [2.05, 4.69) is 0 Å². The number of allylic oxidation sites excluding steroid dienone is 4. The number of Topliss-reactive ketones (excluding diaryl/α,β-unsaturated/α-hetero) is 1. The number of hydrogen-bond donors (Lipinski definition) is 0. The van der Waals surface area contributed by atoms with Crippen molar-refractivity contribution in [3.05, 3.63) is 23.3 Å². The Balaban J connectivity index is 3.09. The molecule has 1 rings (SSSR count). The van der Waals surface area contributed by atoms with Crippen LogP contribution in [0.3, 0.4) is 0 Å². The fourth-order valence-electron chi connectivity index (χ4n) is 0.855. The molecule has 0 spiro atoms. The van der Waals surface area contributed by atoms with E-state index in [0.29, 0.717) is 11.9 Å². The van der Waals surface area contributed by atoms with Gasteiger partial charge in [-0.2, -0.15) is 0 Å².